The predicted molar refractivity (Wildman–Crippen MR) is 39.2 cm³/mol. The lowest BCUT2D eigenvalue weighted by atomic mass is 10.1. The molecule has 1 aliphatic heterocycles. The minimum Gasteiger partial charge on any atom is -0.469 e. The standard InChI is InChI=1S/C8H7NO3/c10-7-4-5(8(11)9-7)6-2-1-3-12-6/h1-3,5H,4H2,(H,9,10,11). The second kappa shape index (κ2) is 2.48. The molecule has 2 rings (SSSR count). The zero-order chi connectivity index (χ0) is 8.55. The van der Waals surface area contributed by atoms with E-state index in [-0.39, 0.29) is 18.2 Å². The van der Waals surface area contributed by atoms with Crippen LogP contribution in [-0.2, 0) is 9.59 Å². The van der Waals surface area contributed by atoms with E-state index in [1.807, 2.05) is 0 Å². The smallest absolute Gasteiger partial charge is 0.237 e. The van der Waals surface area contributed by atoms with Gasteiger partial charge < -0.3 is 4.42 Å². The second-order valence-electron chi connectivity index (χ2n) is 2.68. The molecule has 4 heteroatoms. The molecule has 62 valence electrons. The summed E-state index contributed by atoms with van der Waals surface area (Å²) in [6.45, 7) is 0. The number of rotatable bonds is 1. The summed E-state index contributed by atoms with van der Waals surface area (Å²) >= 11 is 0. The van der Waals surface area contributed by atoms with Crippen LogP contribution in [0.4, 0.5) is 0 Å². The fourth-order valence-corrected chi connectivity index (χ4v) is 1.27. The third kappa shape index (κ3) is 1.01. The van der Waals surface area contributed by atoms with Crippen molar-refractivity contribution < 1.29 is 14.0 Å². The van der Waals surface area contributed by atoms with Gasteiger partial charge in [0.15, 0.2) is 0 Å². The highest BCUT2D eigenvalue weighted by Crippen LogP contribution is 2.23. The molecule has 1 fully saturated rings. The van der Waals surface area contributed by atoms with Gasteiger partial charge in [-0.05, 0) is 12.1 Å². The summed E-state index contributed by atoms with van der Waals surface area (Å²) in [6, 6.07) is 3.40. The molecule has 0 aromatic carbocycles. The van der Waals surface area contributed by atoms with Gasteiger partial charge in [-0.2, -0.15) is 0 Å². The van der Waals surface area contributed by atoms with Crippen molar-refractivity contribution in [3.8, 4) is 0 Å². The summed E-state index contributed by atoms with van der Waals surface area (Å²) in [5, 5.41) is 2.22. The molecule has 1 saturated heterocycles. The van der Waals surface area contributed by atoms with Crippen LogP contribution in [0.25, 0.3) is 0 Å². The molecule has 1 aromatic rings. The van der Waals surface area contributed by atoms with Gasteiger partial charge in [-0.25, -0.2) is 0 Å². The van der Waals surface area contributed by atoms with Gasteiger partial charge in [-0.1, -0.05) is 0 Å². The molecule has 0 saturated carbocycles. The van der Waals surface area contributed by atoms with Crippen molar-refractivity contribution >= 4 is 11.8 Å². The summed E-state index contributed by atoms with van der Waals surface area (Å²) in [5.41, 5.74) is 0. The number of carbonyl (C=O) groups excluding carboxylic acids is 2. The Balaban J connectivity index is 2.26. The second-order valence-corrected chi connectivity index (χ2v) is 2.68. The van der Waals surface area contributed by atoms with E-state index in [0.29, 0.717) is 5.76 Å². The van der Waals surface area contributed by atoms with E-state index in [4.69, 9.17) is 4.42 Å². The Bertz CT molecular complexity index is 315. The monoisotopic (exact) mass is 165 g/mol. The highest BCUT2D eigenvalue weighted by Gasteiger charge is 2.33. The van der Waals surface area contributed by atoms with Crippen LogP contribution >= 0.6 is 0 Å². The third-order valence-corrected chi connectivity index (χ3v) is 1.86. The number of hydrogen-bond acceptors (Lipinski definition) is 3. The minimum absolute atomic E-state index is 0.201. The largest absolute Gasteiger partial charge is 0.469 e. The molecular formula is C8H7NO3. The Labute approximate surface area is 68.6 Å². The topological polar surface area (TPSA) is 59.3 Å². The molecule has 4 nitrogen and oxygen atoms in total. The van der Waals surface area contributed by atoms with Crippen LogP contribution in [0.1, 0.15) is 18.1 Å². The maximum atomic E-state index is 11.1. The van der Waals surface area contributed by atoms with Gasteiger partial charge in [0.1, 0.15) is 11.7 Å². The van der Waals surface area contributed by atoms with Crippen LogP contribution in [0.3, 0.4) is 0 Å². The molecule has 1 atom stereocenters. The van der Waals surface area contributed by atoms with Crippen molar-refractivity contribution in [1.82, 2.24) is 5.32 Å². The Morgan fingerprint density at radius 3 is 2.83 bits per heavy atom. The molecule has 2 heterocycles. The van der Waals surface area contributed by atoms with E-state index in [2.05, 4.69) is 5.32 Å². The first-order valence-electron chi connectivity index (χ1n) is 3.64. The molecule has 1 aromatic heterocycles. The molecule has 1 aliphatic rings. The van der Waals surface area contributed by atoms with Crippen molar-refractivity contribution in [3.05, 3.63) is 24.2 Å². The number of nitrogens with one attached hydrogen (secondary N) is 1. The van der Waals surface area contributed by atoms with Gasteiger partial charge in [-0.15, -0.1) is 0 Å². The Morgan fingerprint density at radius 2 is 2.33 bits per heavy atom. The molecular weight excluding hydrogens is 158 g/mol. The zero-order valence-electron chi connectivity index (χ0n) is 6.24. The van der Waals surface area contributed by atoms with Crippen molar-refractivity contribution in [1.29, 1.82) is 0 Å². The van der Waals surface area contributed by atoms with E-state index < -0.39 is 5.92 Å². The average molecular weight is 165 g/mol. The van der Waals surface area contributed by atoms with Crippen molar-refractivity contribution in [2.24, 2.45) is 0 Å². The molecule has 1 unspecified atom stereocenters. The van der Waals surface area contributed by atoms with E-state index >= 15 is 0 Å². The van der Waals surface area contributed by atoms with Gasteiger partial charge in [0.05, 0.1) is 6.26 Å². The first-order chi connectivity index (χ1) is 5.77. The zero-order valence-corrected chi connectivity index (χ0v) is 6.24. The molecule has 0 aliphatic carbocycles. The van der Waals surface area contributed by atoms with Crippen LogP contribution in [0, 0.1) is 0 Å². The number of carbonyl (C=O) groups is 2. The predicted octanol–water partition coefficient (Wildman–Crippen LogP) is 0.410. The van der Waals surface area contributed by atoms with Gasteiger partial charge in [-0.3, -0.25) is 14.9 Å². The molecule has 1 N–H and O–H groups in total. The van der Waals surface area contributed by atoms with Crippen molar-refractivity contribution in [3.63, 3.8) is 0 Å². The van der Waals surface area contributed by atoms with E-state index in [0.717, 1.165) is 0 Å². The Morgan fingerprint density at radius 1 is 1.50 bits per heavy atom. The quantitative estimate of drug-likeness (QED) is 0.613. The first-order valence-corrected chi connectivity index (χ1v) is 3.64. The molecule has 0 spiro atoms. The van der Waals surface area contributed by atoms with E-state index in [1.165, 1.54) is 6.26 Å². The lowest BCUT2D eigenvalue weighted by molar-refractivity contribution is -0.125. The van der Waals surface area contributed by atoms with Crippen LogP contribution in [0.2, 0.25) is 0 Å². The third-order valence-electron chi connectivity index (χ3n) is 1.86. The summed E-state index contributed by atoms with van der Waals surface area (Å²) in [4.78, 5) is 21.9. The van der Waals surface area contributed by atoms with Gasteiger partial charge in [0, 0.05) is 6.42 Å². The number of amides is 2. The number of furan rings is 1. The molecule has 0 radical (unpaired) electrons. The highest BCUT2D eigenvalue weighted by atomic mass is 16.3. The van der Waals surface area contributed by atoms with Crippen LogP contribution in [-0.4, -0.2) is 11.8 Å². The highest BCUT2D eigenvalue weighted by molar-refractivity contribution is 6.05. The van der Waals surface area contributed by atoms with Crippen LogP contribution in [0.15, 0.2) is 22.8 Å². The Kier molecular flexibility index (Phi) is 1.46. The van der Waals surface area contributed by atoms with Crippen LogP contribution < -0.4 is 5.32 Å². The van der Waals surface area contributed by atoms with E-state index in [9.17, 15) is 9.59 Å². The normalized spacial score (nSPS) is 22.8. The maximum absolute atomic E-state index is 11.1. The van der Waals surface area contributed by atoms with Gasteiger partial charge in [0.25, 0.3) is 0 Å². The summed E-state index contributed by atoms with van der Waals surface area (Å²) in [5.74, 6) is -0.373. The molecule has 12 heavy (non-hydrogen) atoms. The summed E-state index contributed by atoms with van der Waals surface area (Å²) in [7, 11) is 0. The lowest BCUT2D eigenvalue weighted by Gasteiger charge is -1.98. The van der Waals surface area contributed by atoms with Crippen molar-refractivity contribution in [2.75, 3.05) is 0 Å². The maximum Gasteiger partial charge on any atom is 0.237 e. The number of imide groups is 1. The minimum atomic E-state index is -0.424. The van der Waals surface area contributed by atoms with Gasteiger partial charge >= 0.3 is 0 Å². The fourth-order valence-electron chi connectivity index (χ4n) is 1.27. The average Bonchev–Trinajstić information content (AvgIpc) is 2.58. The SMILES string of the molecule is O=C1CC(c2ccco2)C(=O)N1. The summed E-state index contributed by atoms with van der Waals surface area (Å²) in [6.07, 6.45) is 1.69. The fraction of sp³-hybridized carbons (Fsp3) is 0.250. The molecule has 0 bridgehead atoms. The van der Waals surface area contributed by atoms with Crippen molar-refractivity contribution in [2.45, 2.75) is 12.3 Å². The summed E-state index contributed by atoms with van der Waals surface area (Å²) < 4.78 is 5.02. The van der Waals surface area contributed by atoms with Gasteiger partial charge in [0.2, 0.25) is 11.8 Å². The first kappa shape index (κ1) is 7.09. The van der Waals surface area contributed by atoms with Crippen LogP contribution in [0.5, 0.6) is 0 Å². The Hall–Kier alpha value is -1.58. The molecule has 2 amide bonds. The lowest BCUT2D eigenvalue weighted by Crippen LogP contribution is -2.21. The van der Waals surface area contributed by atoms with E-state index in [1.54, 1.807) is 12.1 Å². The number of hydrogen-bond donors (Lipinski definition) is 1.